The van der Waals surface area contributed by atoms with E-state index in [1.807, 2.05) is 6.92 Å². The molecule has 1 aliphatic rings. The quantitative estimate of drug-likeness (QED) is 0.762. The molecule has 1 aromatic carbocycles. The number of alkyl halides is 3. The maximum atomic E-state index is 12.9. The van der Waals surface area contributed by atoms with Gasteiger partial charge in [0.1, 0.15) is 0 Å². The topological polar surface area (TPSA) is 20.3 Å². The van der Waals surface area contributed by atoms with Gasteiger partial charge in [-0.2, -0.15) is 13.2 Å². The zero-order valence-electron chi connectivity index (χ0n) is 10.7. The molecule has 2 rings (SSSR count). The molecule has 1 aliphatic heterocycles. The summed E-state index contributed by atoms with van der Waals surface area (Å²) in [7, 11) is 0. The Morgan fingerprint density at radius 3 is 2.58 bits per heavy atom. The summed E-state index contributed by atoms with van der Waals surface area (Å²) in [5.41, 5.74) is -1.10. The lowest BCUT2D eigenvalue weighted by Gasteiger charge is -2.34. The van der Waals surface area contributed by atoms with Gasteiger partial charge in [-0.3, -0.25) is 4.79 Å². The maximum absolute atomic E-state index is 12.9. The number of amides is 1. The van der Waals surface area contributed by atoms with Gasteiger partial charge in [-0.1, -0.05) is 12.1 Å². The van der Waals surface area contributed by atoms with Gasteiger partial charge in [0.05, 0.1) is 11.1 Å². The second kappa shape index (κ2) is 5.23. The number of piperidine rings is 1. The van der Waals surface area contributed by atoms with Crippen molar-refractivity contribution >= 4 is 5.91 Å². The number of likely N-dealkylation sites (tertiary alicyclic amines) is 1. The second-order valence-corrected chi connectivity index (χ2v) is 4.89. The largest absolute Gasteiger partial charge is 0.417 e. The fraction of sp³-hybridized carbons (Fsp3) is 0.500. The van der Waals surface area contributed by atoms with Crippen LogP contribution in [0.4, 0.5) is 13.2 Å². The lowest BCUT2D eigenvalue weighted by atomic mass is 10.00. The van der Waals surface area contributed by atoms with E-state index in [0.717, 1.165) is 25.3 Å². The summed E-state index contributed by atoms with van der Waals surface area (Å²) < 4.78 is 38.7. The van der Waals surface area contributed by atoms with Gasteiger partial charge < -0.3 is 4.90 Å². The van der Waals surface area contributed by atoms with Crippen molar-refractivity contribution in [2.24, 2.45) is 0 Å². The molecule has 1 amide bonds. The first kappa shape index (κ1) is 13.9. The van der Waals surface area contributed by atoms with Crippen molar-refractivity contribution in [3.63, 3.8) is 0 Å². The summed E-state index contributed by atoms with van der Waals surface area (Å²) in [6.07, 6.45) is -1.78. The lowest BCUT2D eigenvalue weighted by Crippen LogP contribution is -2.42. The van der Waals surface area contributed by atoms with Crippen LogP contribution in [0.25, 0.3) is 0 Å². The standard InChI is InChI=1S/C14H16F3NO/c1-10-6-4-5-9-18(10)13(19)11-7-2-3-8-12(11)14(15,16)17/h2-3,7-8,10H,4-6,9H2,1H3. The highest BCUT2D eigenvalue weighted by atomic mass is 19.4. The van der Waals surface area contributed by atoms with Crippen molar-refractivity contribution in [1.29, 1.82) is 0 Å². The van der Waals surface area contributed by atoms with E-state index in [0.29, 0.717) is 6.54 Å². The molecule has 1 aromatic rings. The molecule has 0 aromatic heterocycles. The van der Waals surface area contributed by atoms with Crippen LogP contribution in [0.15, 0.2) is 24.3 Å². The van der Waals surface area contributed by atoms with Crippen LogP contribution in [0.2, 0.25) is 0 Å². The third-order valence-electron chi connectivity index (χ3n) is 3.53. The molecule has 2 nitrogen and oxygen atoms in total. The van der Waals surface area contributed by atoms with Crippen molar-refractivity contribution < 1.29 is 18.0 Å². The van der Waals surface area contributed by atoms with E-state index < -0.39 is 17.6 Å². The van der Waals surface area contributed by atoms with Gasteiger partial charge in [-0.05, 0) is 38.3 Å². The molecule has 5 heteroatoms. The molecule has 0 spiro atoms. The maximum Gasteiger partial charge on any atom is 0.417 e. The summed E-state index contributed by atoms with van der Waals surface area (Å²) in [6, 6.07) is 4.99. The first-order valence-corrected chi connectivity index (χ1v) is 6.38. The Morgan fingerprint density at radius 1 is 1.26 bits per heavy atom. The smallest absolute Gasteiger partial charge is 0.336 e. The van der Waals surface area contributed by atoms with Crippen molar-refractivity contribution in [3.05, 3.63) is 35.4 Å². The fourth-order valence-corrected chi connectivity index (χ4v) is 2.47. The highest BCUT2D eigenvalue weighted by molar-refractivity contribution is 5.96. The van der Waals surface area contributed by atoms with Gasteiger partial charge in [-0.15, -0.1) is 0 Å². The predicted octanol–water partition coefficient (Wildman–Crippen LogP) is 3.72. The van der Waals surface area contributed by atoms with E-state index in [2.05, 4.69) is 0 Å². The molecular weight excluding hydrogens is 255 g/mol. The molecule has 0 saturated carbocycles. The van der Waals surface area contributed by atoms with Crippen molar-refractivity contribution in [2.45, 2.75) is 38.4 Å². The van der Waals surface area contributed by atoms with Gasteiger partial charge in [0.15, 0.2) is 0 Å². The Bertz CT molecular complexity index is 470. The number of rotatable bonds is 1. The summed E-state index contributed by atoms with van der Waals surface area (Å²) in [5, 5.41) is 0. The Balaban J connectivity index is 2.33. The first-order chi connectivity index (χ1) is 8.91. The van der Waals surface area contributed by atoms with Crippen LogP contribution in [0.5, 0.6) is 0 Å². The predicted molar refractivity (Wildman–Crippen MR) is 65.8 cm³/mol. The van der Waals surface area contributed by atoms with Crippen molar-refractivity contribution in [1.82, 2.24) is 4.90 Å². The minimum atomic E-state index is -4.49. The molecule has 0 N–H and O–H groups in total. The van der Waals surface area contributed by atoms with E-state index in [1.54, 1.807) is 4.90 Å². The van der Waals surface area contributed by atoms with E-state index in [-0.39, 0.29) is 11.6 Å². The van der Waals surface area contributed by atoms with Gasteiger partial charge in [0.2, 0.25) is 0 Å². The number of carbonyl (C=O) groups is 1. The molecule has 0 bridgehead atoms. The molecule has 0 aliphatic carbocycles. The number of hydrogen-bond donors (Lipinski definition) is 0. The molecule has 0 radical (unpaired) electrons. The number of hydrogen-bond acceptors (Lipinski definition) is 1. The Labute approximate surface area is 110 Å². The fourth-order valence-electron chi connectivity index (χ4n) is 2.47. The highest BCUT2D eigenvalue weighted by Gasteiger charge is 2.36. The van der Waals surface area contributed by atoms with E-state index in [9.17, 15) is 18.0 Å². The molecule has 1 unspecified atom stereocenters. The van der Waals surface area contributed by atoms with E-state index in [4.69, 9.17) is 0 Å². The van der Waals surface area contributed by atoms with Crippen LogP contribution >= 0.6 is 0 Å². The zero-order chi connectivity index (χ0) is 14.0. The van der Waals surface area contributed by atoms with Crippen LogP contribution in [-0.4, -0.2) is 23.4 Å². The number of benzene rings is 1. The average molecular weight is 271 g/mol. The van der Waals surface area contributed by atoms with E-state index >= 15 is 0 Å². The van der Waals surface area contributed by atoms with E-state index in [1.165, 1.54) is 18.2 Å². The van der Waals surface area contributed by atoms with Crippen LogP contribution in [0, 0.1) is 0 Å². The monoisotopic (exact) mass is 271 g/mol. The van der Waals surface area contributed by atoms with Crippen molar-refractivity contribution in [3.8, 4) is 0 Å². The Morgan fingerprint density at radius 2 is 1.95 bits per heavy atom. The van der Waals surface area contributed by atoms with Crippen LogP contribution in [0.3, 0.4) is 0 Å². The summed E-state index contributed by atoms with van der Waals surface area (Å²) in [6.45, 7) is 2.42. The van der Waals surface area contributed by atoms with Crippen LogP contribution in [0.1, 0.15) is 42.1 Å². The first-order valence-electron chi connectivity index (χ1n) is 6.38. The summed E-state index contributed by atoms with van der Waals surface area (Å²) in [5.74, 6) is -0.514. The van der Waals surface area contributed by atoms with Gasteiger partial charge in [0.25, 0.3) is 5.91 Å². The third-order valence-corrected chi connectivity index (χ3v) is 3.53. The molecule has 19 heavy (non-hydrogen) atoms. The Kier molecular flexibility index (Phi) is 3.83. The third kappa shape index (κ3) is 2.91. The van der Waals surface area contributed by atoms with Gasteiger partial charge in [0, 0.05) is 12.6 Å². The highest BCUT2D eigenvalue weighted by Crippen LogP contribution is 2.33. The number of carbonyl (C=O) groups excluding carboxylic acids is 1. The second-order valence-electron chi connectivity index (χ2n) is 4.89. The van der Waals surface area contributed by atoms with Crippen LogP contribution < -0.4 is 0 Å². The Hall–Kier alpha value is -1.52. The summed E-state index contributed by atoms with van der Waals surface area (Å²) >= 11 is 0. The summed E-state index contributed by atoms with van der Waals surface area (Å²) in [4.78, 5) is 13.9. The molecular formula is C14H16F3NO. The zero-order valence-corrected chi connectivity index (χ0v) is 10.7. The molecule has 1 saturated heterocycles. The SMILES string of the molecule is CC1CCCCN1C(=O)c1ccccc1C(F)(F)F. The minimum Gasteiger partial charge on any atom is -0.336 e. The number of halogens is 3. The average Bonchev–Trinajstić information content (AvgIpc) is 2.37. The molecule has 1 heterocycles. The van der Waals surface area contributed by atoms with Crippen molar-refractivity contribution in [2.75, 3.05) is 6.54 Å². The normalized spacial score (nSPS) is 20.4. The molecule has 1 atom stereocenters. The molecule has 1 fully saturated rings. The van der Waals surface area contributed by atoms with Gasteiger partial charge >= 0.3 is 6.18 Å². The van der Waals surface area contributed by atoms with Crippen LogP contribution in [-0.2, 0) is 6.18 Å². The molecule has 104 valence electrons. The minimum absolute atomic E-state index is 0.00235. The lowest BCUT2D eigenvalue weighted by molar-refractivity contribution is -0.138. The van der Waals surface area contributed by atoms with Gasteiger partial charge in [-0.25, -0.2) is 0 Å². The number of nitrogens with zero attached hydrogens (tertiary/aromatic N) is 1.